The van der Waals surface area contributed by atoms with Crippen LogP contribution in [0.15, 0.2) is 24.5 Å². The van der Waals surface area contributed by atoms with Gasteiger partial charge in [0, 0.05) is 44.9 Å². The molecule has 0 N–H and O–H groups in total. The average molecular weight is 451 g/mol. The van der Waals surface area contributed by atoms with Crippen LogP contribution in [-0.4, -0.2) is 96.6 Å². The fraction of sp³-hybridized carbons (Fsp3) is 0.600. The Hall–Kier alpha value is -2.37. The maximum absolute atomic E-state index is 12.9. The van der Waals surface area contributed by atoms with Crippen molar-refractivity contribution >= 4 is 27.6 Å². The third-order valence-corrected chi connectivity index (χ3v) is 7.86. The molecule has 11 heteroatoms. The number of ether oxygens (including phenoxy) is 1. The summed E-state index contributed by atoms with van der Waals surface area (Å²) in [5.74, 6) is -0.899. The molecule has 3 fully saturated rings. The van der Waals surface area contributed by atoms with E-state index in [0.29, 0.717) is 44.8 Å². The fourth-order valence-corrected chi connectivity index (χ4v) is 6.24. The minimum atomic E-state index is -3.73. The molecular weight excluding hydrogens is 424 g/mol. The predicted molar refractivity (Wildman–Crippen MR) is 109 cm³/mol. The number of sulfonamides is 1. The van der Waals surface area contributed by atoms with Gasteiger partial charge in [-0.1, -0.05) is 6.07 Å². The monoisotopic (exact) mass is 450 g/mol. The summed E-state index contributed by atoms with van der Waals surface area (Å²) in [4.78, 5) is 44.8. The molecule has 2 unspecified atom stereocenters. The topological polar surface area (TPSA) is 117 Å². The normalized spacial score (nSPS) is 24.5. The Bertz CT molecular complexity index is 948. The first-order valence-electron chi connectivity index (χ1n) is 10.4. The van der Waals surface area contributed by atoms with Crippen LogP contribution >= 0.6 is 0 Å². The number of rotatable bonds is 6. The number of amides is 2. The molecule has 2 amide bonds. The van der Waals surface area contributed by atoms with Crippen molar-refractivity contribution in [3.63, 3.8) is 0 Å². The molecule has 0 bridgehead atoms. The predicted octanol–water partition coefficient (Wildman–Crippen LogP) is -0.595. The minimum absolute atomic E-state index is 0.00905. The van der Waals surface area contributed by atoms with Gasteiger partial charge in [-0.15, -0.1) is 0 Å². The second-order valence-corrected chi connectivity index (χ2v) is 9.93. The lowest BCUT2D eigenvalue weighted by Crippen LogP contribution is -2.44. The number of ketones is 1. The van der Waals surface area contributed by atoms with Crippen molar-refractivity contribution in [1.82, 2.24) is 19.1 Å². The first-order chi connectivity index (χ1) is 14.9. The number of Topliss-reactive ketones (excluding diaryl/α,β-unsaturated/α-hetero) is 1. The van der Waals surface area contributed by atoms with Crippen LogP contribution in [0.3, 0.4) is 0 Å². The van der Waals surface area contributed by atoms with Gasteiger partial charge in [0.25, 0.3) is 0 Å². The number of hydrogen-bond acceptors (Lipinski definition) is 7. The number of fused-ring (bicyclic) bond motifs is 1. The fourth-order valence-electron chi connectivity index (χ4n) is 4.52. The maximum atomic E-state index is 12.9. The van der Waals surface area contributed by atoms with Crippen LogP contribution in [0.5, 0.6) is 0 Å². The number of nitrogens with zero attached hydrogens (tertiary/aromatic N) is 4. The standard InChI is InChI=1S/C20H26N4O6S/c25-17-13-24(31(28,29)14-15-2-1-6-21-12-15)16-5-7-23(20(16)17)19(27)4-3-18(26)22-8-10-30-11-9-22/h1-2,6,12,16,20H,3-5,7-11,13-14H2. The lowest BCUT2D eigenvalue weighted by atomic mass is 10.1. The molecule has 0 spiro atoms. The van der Waals surface area contributed by atoms with Gasteiger partial charge in [0.2, 0.25) is 21.8 Å². The molecule has 4 rings (SSSR count). The Morgan fingerprint density at radius 2 is 1.87 bits per heavy atom. The van der Waals surface area contributed by atoms with Crippen molar-refractivity contribution in [2.75, 3.05) is 39.4 Å². The summed E-state index contributed by atoms with van der Waals surface area (Å²) in [5, 5.41) is 0. The van der Waals surface area contributed by atoms with Crippen LogP contribution in [0, 0.1) is 0 Å². The summed E-state index contributed by atoms with van der Waals surface area (Å²) in [6.07, 6.45) is 3.55. The van der Waals surface area contributed by atoms with E-state index in [1.54, 1.807) is 23.2 Å². The third kappa shape index (κ3) is 4.63. The van der Waals surface area contributed by atoms with Crippen molar-refractivity contribution in [2.24, 2.45) is 0 Å². The van der Waals surface area contributed by atoms with Gasteiger partial charge in [-0.2, -0.15) is 4.31 Å². The highest BCUT2D eigenvalue weighted by Gasteiger charge is 2.53. The molecule has 3 aliphatic rings. The zero-order valence-electron chi connectivity index (χ0n) is 17.2. The van der Waals surface area contributed by atoms with Crippen LogP contribution < -0.4 is 0 Å². The van der Waals surface area contributed by atoms with E-state index in [1.807, 2.05) is 0 Å². The molecule has 3 aliphatic heterocycles. The summed E-state index contributed by atoms with van der Waals surface area (Å²) < 4.78 is 32.3. The van der Waals surface area contributed by atoms with Gasteiger partial charge in [-0.3, -0.25) is 19.4 Å². The molecule has 3 saturated heterocycles. The van der Waals surface area contributed by atoms with Crippen LogP contribution in [0.25, 0.3) is 0 Å². The smallest absolute Gasteiger partial charge is 0.223 e. The second-order valence-electron chi connectivity index (χ2n) is 8.01. The first kappa shape index (κ1) is 21.8. The van der Waals surface area contributed by atoms with Gasteiger partial charge in [0.05, 0.1) is 31.6 Å². The molecule has 4 heterocycles. The number of aromatic nitrogens is 1. The summed E-state index contributed by atoms with van der Waals surface area (Å²) >= 11 is 0. The SMILES string of the molecule is O=C1CN(S(=O)(=O)Cc2cccnc2)C2CCN(C(=O)CCC(=O)N3CCOCC3)C12. The second kappa shape index (κ2) is 9.01. The number of pyridine rings is 1. The van der Waals surface area contributed by atoms with E-state index in [-0.39, 0.29) is 42.7 Å². The molecule has 168 valence electrons. The zero-order chi connectivity index (χ0) is 22.0. The largest absolute Gasteiger partial charge is 0.378 e. The first-order valence-corrected chi connectivity index (χ1v) is 12.0. The van der Waals surface area contributed by atoms with Crippen molar-refractivity contribution in [3.8, 4) is 0 Å². The Morgan fingerprint density at radius 1 is 1.13 bits per heavy atom. The van der Waals surface area contributed by atoms with E-state index in [9.17, 15) is 22.8 Å². The number of carbonyl (C=O) groups excluding carboxylic acids is 3. The van der Waals surface area contributed by atoms with E-state index in [1.165, 1.54) is 15.4 Å². The van der Waals surface area contributed by atoms with Gasteiger partial charge < -0.3 is 14.5 Å². The molecule has 0 radical (unpaired) electrons. The van der Waals surface area contributed by atoms with Crippen LogP contribution in [-0.2, 0) is 34.9 Å². The molecule has 2 atom stereocenters. The molecule has 31 heavy (non-hydrogen) atoms. The molecule has 1 aromatic heterocycles. The molecule has 0 aromatic carbocycles. The Kier molecular flexibility index (Phi) is 6.35. The van der Waals surface area contributed by atoms with Gasteiger partial charge in [0.1, 0.15) is 6.04 Å². The quantitative estimate of drug-likeness (QED) is 0.568. The number of morpholine rings is 1. The Labute approximate surface area is 181 Å². The summed E-state index contributed by atoms with van der Waals surface area (Å²) in [6, 6.07) is 2.02. The lowest BCUT2D eigenvalue weighted by molar-refractivity contribution is -0.140. The van der Waals surface area contributed by atoms with Crippen molar-refractivity contribution in [2.45, 2.75) is 37.1 Å². The van der Waals surface area contributed by atoms with Gasteiger partial charge in [-0.05, 0) is 18.1 Å². The van der Waals surface area contributed by atoms with Gasteiger partial charge in [-0.25, -0.2) is 8.42 Å². The van der Waals surface area contributed by atoms with Crippen molar-refractivity contribution in [3.05, 3.63) is 30.1 Å². The van der Waals surface area contributed by atoms with E-state index in [2.05, 4.69) is 4.98 Å². The van der Waals surface area contributed by atoms with Crippen LogP contribution in [0.2, 0.25) is 0 Å². The van der Waals surface area contributed by atoms with Crippen molar-refractivity contribution < 1.29 is 27.5 Å². The van der Waals surface area contributed by atoms with Gasteiger partial charge >= 0.3 is 0 Å². The Balaban J connectivity index is 1.38. The third-order valence-electron chi connectivity index (χ3n) is 6.04. The molecule has 0 aliphatic carbocycles. The highest BCUT2D eigenvalue weighted by molar-refractivity contribution is 7.88. The summed E-state index contributed by atoms with van der Waals surface area (Å²) in [5.41, 5.74) is 0.547. The number of carbonyl (C=O) groups is 3. The van der Waals surface area contributed by atoms with Crippen molar-refractivity contribution in [1.29, 1.82) is 0 Å². The van der Waals surface area contributed by atoms with E-state index >= 15 is 0 Å². The van der Waals surface area contributed by atoms with Crippen LogP contribution in [0.4, 0.5) is 0 Å². The Morgan fingerprint density at radius 3 is 2.58 bits per heavy atom. The maximum Gasteiger partial charge on any atom is 0.223 e. The zero-order valence-corrected chi connectivity index (χ0v) is 18.0. The van der Waals surface area contributed by atoms with Crippen LogP contribution in [0.1, 0.15) is 24.8 Å². The minimum Gasteiger partial charge on any atom is -0.378 e. The van der Waals surface area contributed by atoms with E-state index in [0.717, 1.165) is 0 Å². The molecule has 0 saturated carbocycles. The van der Waals surface area contributed by atoms with E-state index < -0.39 is 22.1 Å². The molecule has 1 aromatic rings. The number of hydrogen-bond donors (Lipinski definition) is 0. The van der Waals surface area contributed by atoms with E-state index in [4.69, 9.17) is 4.74 Å². The summed E-state index contributed by atoms with van der Waals surface area (Å²) in [6.45, 7) is 2.10. The lowest BCUT2D eigenvalue weighted by Gasteiger charge is -2.27. The molecule has 10 nitrogen and oxygen atoms in total. The summed E-state index contributed by atoms with van der Waals surface area (Å²) in [7, 11) is -3.73. The molecular formula is C20H26N4O6S. The highest BCUT2D eigenvalue weighted by atomic mass is 32.2. The average Bonchev–Trinajstić information content (AvgIpc) is 3.34. The van der Waals surface area contributed by atoms with Gasteiger partial charge in [0.15, 0.2) is 5.78 Å². The highest BCUT2D eigenvalue weighted by Crippen LogP contribution is 2.33. The number of likely N-dealkylation sites (tertiary alicyclic amines) is 1.